The maximum absolute atomic E-state index is 13.9. The van der Waals surface area contributed by atoms with Crippen LogP contribution in [0, 0.1) is 11.6 Å². The van der Waals surface area contributed by atoms with Crippen LogP contribution in [0.25, 0.3) is 6.08 Å². The fraction of sp³-hybridized carbons (Fsp3) is 0.167. The van der Waals surface area contributed by atoms with Crippen molar-refractivity contribution in [2.24, 2.45) is 0 Å². The smallest absolute Gasteiger partial charge is 0.218 e. The molecule has 0 N–H and O–H groups in total. The van der Waals surface area contributed by atoms with Gasteiger partial charge in [0, 0.05) is 11.6 Å². The largest absolute Gasteiger partial charge is 0.495 e. The Morgan fingerprint density at radius 3 is 2.39 bits per heavy atom. The predicted octanol–water partition coefficient (Wildman–Crippen LogP) is 4.94. The number of nitrogens with zero attached hydrogens (tertiary/aromatic N) is 1. The van der Waals surface area contributed by atoms with Crippen LogP contribution in [0.3, 0.4) is 0 Å². The van der Waals surface area contributed by atoms with Gasteiger partial charge in [-0.2, -0.15) is 0 Å². The van der Waals surface area contributed by atoms with E-state index < -0.39 is 11.6 Å². The molecule has 2 aromatic rings. The van der Waals surface area contributed by atoms with Gasteiger partial charge in [-0.15, -0.1) is 0 Å². The molecule has 0 fully saturated rings. The Bertz CT molecular complexity index is 687. The molecule has 0 spiro atoms. The third-order valence-electron chi connectivity index (χ3n) is 2.97. The number of hydrogen-bond acceptors (Lipinski definition) is 2. The van der Waals surface area contributed by atoms with Crippen LogP contribution >= 0.6 is 0 Å². The van der Waals surface area contributed by atoms with Crippen LogP contribution in [0.5, 0.6) is 5.75 Å². The lowest BCUT2D eigenvalue weighted by Gasteiger charge is -2.21. The first-order chi connectivity index (χ1) is 11.1. The number of ether oxygens (including phenoxy) is 1. The molecule has 5 heteroatoms. The van der Waals surface area contributed by atoms with E-state index in [-0.39, 0.29) is 22.7 Å². The highest BCUT2D eigenvalue weighted by atomic mass is 19.1. The fourth-order valence-electron chi connectivity index (χ4n) is 1.95. The number of carbonyl (C=O) groups excluding carboxylic acids is 1. The molecule has 1 amide bonds. The first-order valence-corrected chi connectivity index (χ1v) is 7.10. The second-order valence-corrected chi connectivity index (χ2v) is 4.20. The topological polar surface area (TPSA) is 29.5 Å². The van der Waals surface area contributed by atoms with Crippen LogP contribution in [-0.2, 0) is 4.79 Å². The van der Waals surface area contributed by atoms with Crippen LogP contribution in [0.1, 0.15) is 19.4 Å². The van der Waals surface area contributed by atoms with E-state index >= 15 is 0 Å². The molecule has 23 heavy (non-hydrogen) atoms. The van der Waals surface area contributed by atoms with E-state index in [4.69, 9.17) is 4.74 Å². The Morgan fingerprint density at radius 1 is 1.17 bits per heavy atom. The van der Waals surface area contributed by atoms with Gasteiger partial charge in [0.05, 0.1) is 18.5 Å². The van der Waals surface area contributed by atoms with Crippen LogP contribution in [0.15, 0.2) is 43.0 Å². The molecule has 2 rings (SSSR count). The Hall–Kier alpha value is -2.69. The zero-order chi connectivity index (χ0) is 17.4. The standard InChI is InChI=1S/C16H13F2NO2.C2H6/c1-3-11-7-16(21-2)15(9-14(11)18)19(10-20)13-6-4-5-12(17)8-13;1-2/h3-10H,1H2,2H3;1-2H3. The first kappa shape index (κ1) is 18.4. The van der Waals surface area contributed by atoms with Crippen molar-refractivity contribution in [2.45, 2.75) is 13.8 Å². The van der Waals surface area contributed by atoms with Crippen molar-refractivity contribution in [2.75, 3.05) is 12.0 Å². The maximum atomic E-state index is 13.9. The van der Waals surface area contributed by atoms with Gasteiger partial charge in [-0.1, -0.05) is 32.6 Å². The Balaban J connectivity index is 0.00000127. The van der Waals surface area contributed by atoms with Gasteiger partial charge in [0.1, 0.15) is 17.4 Å². The van der Waals surface area contributed by atoms with E-state index in [1.54, 1.807) is 0 Å². The molecule has 0 atom stereocenters. The molecule has 0 aliphatic rings. The van der Waals surface area contributed by atoms with Gasteiger partial charge in [-0.25, -0.2) is 8.78 Å². The van der Waals surface area contributed by atoms with Crippen LogP contribution in [0.4, 0.5) is 20.2 Å². The minimum atomic E-state index is -0.552. The zero-order valence-electron chi connectivity index (χ0n) is 13.3. The maximum Gasteiger partial charge on any atom is 0.218 e. The monoisotopic (exact) mass is 319 g/mol. The zero-order valence-corrected chi connectivity index (χ0v) is 13.3. The Morgan fingerprint density at radius 2 is 1.87 bits per heavy atom. The minimum Gasteiger partial charge on any atom is -0.495 e. The predicted molar refractivity (Wildman–Crippen MR) is 89.0 cm³/mol. The lowest BCUT2D eigenvalue weighted by molar-refractivity contribution is -0.106. The Kier molecular flexibility index (Phi) is 6.93. The average molecular weight is 319 g/mol. The average Bonchev–Trinajstić information content (AvgIpc) is 2.58. The fourth-order valence-corrected chi connectivity index (χ4v) is 1.95. The molecule has 0 aromatic heterocycles. The number of halogens is 2. The summed E-state index contributed by atoms with van der Waals surface area (Å²) in [6, 6.07) is 8.00. The lowest BCUT2D eigenvalue weighted by Crippen LogP contribution is -2.15. The first-order valence-electron chi connectivity index (χ1n) is 7.10. The number of rotatable bonds is 5. The SMILES string of the molecule is C=Cc1cc(OC)c(N(C=O)c2cccc(F)c2)cc1F.CC. The van der Waals surface area contributed by atoms with Crippen molar-refractivity contribution < 1.29 is 18.3 Å². The van der Waals surface area contributed by atoms with Crippen molar-refractivity contribution in [3.05, 3.63) is 60.2 Å². The summed E-state index contributed by atoms with van der Waals surface area (Å²) in [6.07, 6.45) is 1.81. The summed E-state index contributed by atoms with van der Waals surface area (Å²) < 4.78 is 32.4. The second kappa shape index (κ2) is 8.68. The van der Waals surface area contributed by atoms with Gasteiger partial charge < -0.3 is 4.74 Å². The summed E-state index contributed by atoms with van der Waals surface area (Å²) in [4.78, 5) is 12.5. The number of anilines is 2. The van der Waals surface area contributed by atoms with Crippen molar-refractivity contribution in [1.82, 2.24) is 0 Å². The summed E-state index contributed by atoms with van der Waals surface area (Å²) >= 11 is 0. The highest BCUT2D eigenvalue weighted by molar-refractivity contribution is 5.89. The van der Waals surface area contributed by atoms with Gasteiger partial charge in [0.2, 0.25) is 6.41 Å². The third-order valence-corrected chi connectivity index (χ3v) is 2.97. The summed E-state index contributed by atoms with van der Waals surface area (Å²) in [5, 5.41) is 0. The number of methoxy groups -OCH3 is 1. The number of carbonyl (C=O) groups is 1. The lowest BCUT2D eigenvalue weighted by atomic mass is 10.1. The molecule has 2 aromatic carbocycles. The molecule has 3 nitrogen and oxygen atoms in total. The molecule has 0 unspecified atom stereocenters. The molecule has 0 aliphatic carbocycles. The number of benzene rings is 2. The van der Waals surface area contributed by atoms with E-state index in [1.165, 1.54) is 43.5 Å². The molecular formula is C18H19F2NO2. The second-order valence-electron chi connectivity index (χ2n) is 4.20. The van der Waals surface area contributed by atoms with Crippen LogP contribution < -0.4 is 9.64 Å². The van der Waals surface area contributed by atoms with E-state index in [9.17, 15) is 13.6 Å². The third kappa shape index (κ3) is 4.16. The van der Waals surface area contributed by atoms with Gasteiger partial charge in [0.25, 0.3) is 0 Å². The van der Waals surface area contributed by atoms with Gasteiger partial charge in [-0.05, 0) is 24.3 Å². The molecule has 0 saturated heterocycles. The van der Waals surface area contributed by atoms with Crippen LogP contribution in [0.2, 0.25) is 0 Å². The highest BCUT2D eigenvalue weighted by Gasteiger charge is 2.17. The van der Waals surface area contributed by atoms with Gasteiger partial charge >= 0.3 is 0 Å². The van der Waals surface area contributed by atoms with Gasteiger partial charge in [-0.3, -0.25) is 9.69 Å². The van der Waals surface area contributed by atoms with Crippen molar-refractivity contribution in [3.8, 4) is 5.75 Å². The van der Waals surface area contributed by atoms with Crippen molar-refractivity contribution in [1.29, 1.82) is 0 Å². The van der Waals surface area contributed by atoms with E-state index in [0.29, 0.717) is 6.41 Å². The molecule has 0 radical (unpaired) electrons. The minimum absolute atomic E-state index is 0.182. The number of amides is 1. The summed E-state index contributed by atoms with van der Waals surface area (Å²) in [5.41, 5.74) is 0.705. The summed E-state index contributed by atoms with van der Waals surface area (Å²) in [6.45, 7) is 7.50. The van der Waals surface area contributed by atoms with E-state index in [0.717, 1.165) is 11.0 Å². The summed E-state index contributed by atoms with van der Waals surface area (Å²) in [7, 11) is 1.40. The highest BCUT2D eigenvalue weighted by Crippen LogP contribution is 2.35. The van der Waals surface area contributed by atoms with Crippen molar-refractivity contribution in [3.63, 3.8) is 0 Å². The van der Waals surface area contributed by atoms with Gasteiger partial charge in [0.15, 0.2) is 0 Å². The van der Waals surface area contributed by atoms with Crippen LogP contribution in [-0.4, -0.2) is 13.5 Å². The summed E-state index contributed by atoms with van der Waals surface area (Å²) in [5.74, 6) is -0.770. The number of hydrogen-bond donors (Lipinski definition) is 0. The molecular weight excluding hydrogens is 300 g/mol. The molecule has 0 aliphatic heterocycles. The van der Waals surface area contributed by atoms with Crippen molar-refractivity contribution >= 4 is 23.9 Å². The molecule has 0 saturated carbocycles. The molecule has 122 valence electrons. The quantitative estimate of drug-likeness (QED) is 0.731. The normalized spacial score (nSPS) is 9.43. The van der Waals surface area contributed by atoms with E-state index in [2.05, 4.69) is 6.58 Å². The Labute approximate surface area is 134 Å². The molecule has 0 heterocycles. The van der Waals surface area contributed by atoms with E-state index in [1.807, 2.05) is 13.8 Å². The molecule has 0 bridgehead atoms.